The summed E-state index contributed by atoms with van der Waals surface area (Å²) in [6.45, 7) is 16.5. The van der Waals surface area contributed by atoms with Crippen LogP contribution in [0.2, 0.25) is 0 Å². The molecule has 10 atom stereocenters. The zero-order chi connectivity index (χ0) is 35.6. The van der Waals surface area contributed by atoms with Gasteiger partial charge in [-0.3, -0.25) is 14.4 Å². The fourth-order valence-electron chi connectivity index (χ4n) is 12.0. The molecular formula is C42H61NO5S. The first-order valence-electron chi connectivity index (χ1n) is 18.9. The maximum absolute atomic E-state index is 14.8. The van der Waals surface area contributed by atoms with Gasteiger partial charge in [0.15, 0.2) is 5.78 Å². The molecule has 0 heterocycles. The average Bonchev–Trinajstić information content (AvgIpc) is 3.05. The summed E-state index contributed by atoms with van der Waals surface area (Å²) in [5.41, 5.74) is 7.21. The predicted molar refractivity (Wildman–Crippen MR) is 197 cm³/mol. The zero-order valence-corrected chi connectivity index (χ0v) is 32.2. The number of fused-ring (bicyclic) bond motifs is 7. The molecule has 0 amide bonds. The fraction of sp³-hybridized carbons (Fsp3) is 0.738. The SMILES string of the molecule is CSCC[C@H](N)C(=O)O[C@H]1CC[C@]2(C)[C@H]3C(=O)C=C4[C@@H]5C[C@@](C)(C(=O)OCc6ccccc6)CC[C@]5(C)CC[C@@]4(C)[C@]3(C)CC[C@H]2C1(C)C. The van der Waals surface area contributed by atoms with E-state index >= 15 is 0 Å². The molecule has 49 heavy (non-hydrogen) atoms. The number of carbonyl (C=O) groups excluding carboxylic acids is 3. The zero-order valence-electron chi connectivity index (χ0n) is 31.4. The van der Waals surface area contributed by atoms with Crippen molar-refractivity contribution in [1.82, 2.24) is 0 Å². The quantitative estimate of drug-likeness (QED) is 0.273. The summed E-state index contributed by atoms with van der Waals surface area (Å²) in [7, 11) is 0. The Morgan fingerprint density at radius 1 is 0.939 bits per heavy atom. The molecule has 0 radical (unpaired) electrons. The molecule has 6 nitrogen and oxygen atoms in total. The van der Waals surface area contributed by atoms with Crippen molar-refractivity contribution in [3.63, 3.8) is 0 Å². The number of ketones is 1. The number of allylic oxidation sites excluding steroid dienone is 2. The molecular weight excluding hydrogens is 631 g/mol. The summed E-state index contributed by atoms with van der Waals surface area (Å²) in [5, 5.41) is 0. The van der Waals surface area contributed by atoms with E-state index in [0.717, 1.165) is 69.1 Å². The monoisotopic (exact) mass is 691 g/mol. The summed E-state index contributed by atoms with van der Waals surface area (Å²) >= 11 is 1.69. The number of carbonyl (C=O) groups is 3. The number of esters is 2. The van der Waals surface area contributed by atoms with Gasteiger partial charge in [0.2, 0.25) is 0 Å². The van der Waals surface area contributed by atoms with Crippen molar-refractivity contribution in [3.8, 4) is 0 Å². The third-order valence-electron chi connectivity index (χ3n) is 15.4. The van der Waals surface area contributed by atoms with Gasteiger partial charge < -0.3 is 15.2 Å². The molecule has 0 aliphatic heterocycles. The topological polar surface area (TPSA) is 95.7 Å². The Morgan fingerprint density at radius 3 is 2.33 bits per heavy atom. The lowest BCUT2D eigenvalue weighted by atomic mass is 9.33. The standard InChI is InChI=1S/C42H61NO5S/c1-37(2)32-14-18-42(7)34(40(32,5)17-15-33(37)48-35(45)30(43)16-23-49-8)31(44)24-28-29-25-39(4,20-19-38(29,3)21-22-41(28,42)6)36(46)47-26-27-12-10-9-11-13-27/h9-13,24,29-30,32-34H,14-23,25-26,43H2,1-8H3/t29-,30-,32-,33-,34+,38+,39-,40-,41+,42+/m0/s1. The number of ether oxygens (including phenoxy) is 2. The maximum atomic E-state index is 14.8. The van der Waals surface area contributed by atoms with E-state index in [-0.39, 0.29) is 75.3 Å². The smallest absolute Gasteiger partial charge is 0.323 e. The third kappa shape index (κ3) is 5.85. The van der Waals surface area contributed by atoms with Crippen LogP contribution in [0.1, 0.15) is 118 Å². The summed E-state index contributed by atoms with van der Waals surface area (Å²) in [6, 6.07) is 9.31. The van der Waals surface area contributed by atoms with Crippen LogP contribution in [0.5, 0.6) is 0 Å². The lowest BCUT2D eigenvalue weighted by molar-refractivity contribution is -0.211. The molecule has 270 valence electrons. The Balaban J connectivity index is 1.27. The molecule has 0 saturated heterocycles. The van der Waals surface area contributed by atoms with Crippen molar-refractivity contribution in [1.29, 1.82) is 0 Å². The van der Waals surface area contributed by atoms with Crippen LogP contribution < -0.4 is 5.73 Å². The van der Waals surface area contributed by atoms with Gasteiger partial charge in [0.25, 0.3) is 0 Å². The molecule has 4 saturated carbocycles. The van der Waals surface area contributed by atoms with Crippen molar-refractivity contribution >= 4 is 29.5 Å². The van der Waals surface area contributed by atoms with Crippen LogP contribution in [0.25, 0.3) is 0 Å². The normalized spacial score (nSPS) is 41.6. The second-order valence-electron chi connectivity index (χ2n) is 18.5. The number of benzene rings is 1. The summed E-state index contributed by atoms with van der Waals surface area (Å²) in [4.78, 5) is 41.6. The molecule has 5 aliphatic rings. The number of hydrogen-bond donors (Lipinski definition) is 1. The predicted octanol–water partition coefficient (Wildman–Crippen LogP) is 8.70. The van der Waals surface area contributed by atoms with Crippen LogP contribution in [0.4, 0.5) is 0 Å². The van der Waals surface area contributed by atoms with Crippen molar-refractivity contribution in [2.75, 3.05) is 12.0 Å². The third-order valence-corrected chi connectivity index (χ3v) is 16.1. The fourth-order valence-corrected chi connectivity index (χ4v) is 12.5. The maximum Gasteiger partial charge on any atom is 0.323 e. The number of nitrogens with two attached hydrogens (primary N) is 1. The molecule has 7 heteroatoms. The number of rotatable bonds is 8. The van der Waals surface area contributed by atoms with Gasteiger partial charge in [-0.25, -0.2) is 0 Å². The first kappa shape index (κ1) is 36.7. The molecule has 2 N–H and O–H groups in total. The number of thioether (sulfide) groups is 1. The van der Waals surface area contributed by atoms with Crippen molar-refractivity contribution in [2.24, 2.45) is 56.0 Å². The Hall–Kier alpha value is -2.12. The summed E-state index contributed by atoms with van der Waals surface area (Å²) in [5.74, 6) is 1.02. The van der Waals surface area contributed by atoms with Gasteiger partial charge in [-0.05, 0) is 128 Å². The van der Waals surface area contributed by atoms with Crippen molar-refractivity contribution in [2.45, 2.75) is 131 Å². The van der Waals surface area contributed by atoms with Crippen molar-refractivity contribution in [3.05, 3.63) is 47.5 Å². The van der Waals surface area contributed by atoms with Gasteiger partial charge in [0.1, 0.15) is 18.8 Å². The van der Waals surface area contributed by atoms with E-state index in [1.54, 1.807) is 11.8 Å². The van der Waals surface area contributed by atoms with Gasteiger partial charge >= 0.3 is 11.9 Å². The highest BCUT2D eigenvalue weighted by Gasteiger charge is 2.70. The number of hydrogen-bond acceptors (Lipinski definition) is 7. The Bertz CT molecular complexity index is 1490. The van der Waals surface area contributed by atoms with Gasteiger partial charge in [-0.2, -0.15) is 11.8 Å². The highest BCUT2D eigenvalue weighted by Crippen LogP contribution is 2.75. The Kier molecular flexibility index (Phi) is 9.60. The summed E-state index contributed by atoms with van der Waals surface area (Å²) < 4.78 is 12.2. The second kappa shape index (κ2) is 12.8. The van der Waals surface area contributed by atoms with Crippen LogP contribution in [-0.4, -0.2) is 41.9 Å². The molecule has 1 aromatic carbocycles. The minimum Gasteiger partial charge on any atom is -0.461 e. The molecule has 6 rings (SSSR count). The molecule has 4 fully saturated rings. The Labute approximate surface area is 299 Å². The minimum atomic E-state index is -0.598. The lowest BCUT2D eigenvalue weighted by Gasteiger charge is -2.70. The van der Waals surface area contributed by atoms with Gasteiger partial charge in [-0.15, -0.1) is 0 Å². The first-order valence-corrected chi connectivity index (χ1v) is 20.3. The van der Waals surface area contributed by atoms with Gasteiger partial charge in [0, 0.05) is 11.3 Å². The second-order valence-corrected chi connectivity index (χ2v) is 19.5. The van der Waals surface area contributed by atoms with E-state index in [4.69, 9.17) is 15.2 Å². The molecule has 0 bridgehead atoms. The largest absolute Gasteiger partial charge is 0.461 e. The molecule has 5 aliphatic carbocycles. The van der Waals surface area contributed by atoms with E-state index in [2.05, 4.69) is 54.5 Å². The molecule has 1 aromatic rings. The van der Waals surface area contributed by atoms with E-state index in [1.165, 1.54) is 5.57 Å². The minimum absolute atomic E-state index is 0.0652. The molecule has 0 spiro atoms. The van der Waals surface area contributed by atoms with E-state index in [1.807, 2.05) is 36.6 Å². The van der Waals surface area contributed by atoms with Crippen LogP contribution in [-0.2, 0) is 30.5 Å². The molecule has 0 aromatic heterocycles. The van der Waals surface area contributed by atoms with Gasteiger partial charge in [-0.1, -0.05) is 77.4 Å². The van der Waals surface area contributed by atoms with E-state index < -0.39 is 11.5 Å². The van der Waals surface area contributed by atoms with Crippen LogP contribution in [0, 0.1) is 50.2 Å². The highest BCUT2D eigenvalue weighted by molar-refractivity contribution is 7.98. The van der Waals surface area contributed by atoms with E-state index in [9.17, 15) is 14.4 Å². The average molecular weight is 692 g/mol. The first-order chi connectivity index (χ1) is 22.9. The van der Waals surface area contributed by atoms with Crippen LogP contribution >= 0.6 is 11.8 Å². The van der Waals surface area contributed by atoms with Crippen molar-refractivity contribution < 1.29 is 23.9 Å². The van der Waals surface area contributed by atoms with Crippen LogP contribution in [0.3, 0.4) is 0 Å². The van der Waals surface area contributed by atoms with Gasteiger partial charge in [0.05, 0.1) is 5.41 Å². The van der Waals surface area contributed by atoms with Crippen LogP contribution in [0.15, 0.2) is 42.0 Å². The lowest BCUT2D eigenvalue weighted by Crippen LogP contribution is -2.67. The highest BCUT2D eigenvalue weighted by atomic mass is 32.2. The molecule has 0 unspecified atom stereocenters. The Morgan fingerprint density at radius 2 is 1.63 bits per heavy atom. The summed E-state index contributed by atoms with van der Waals surface area (Å²) in [6.07, 6.45) is 12.8. The van der Waals surface area contributed by atoms with E-state index in [0.29, 0.717) is 6.42 Å².